The molecular formula is C18H31N3O2. The Morgan fingerprint density at radius 1 is 1.30 bits per heavy atom. The molecule has 3 aliphatic heterocycles. The highest BCUT2D eigenvalue weighted by Crippen LogP contribution is 2.27. The van der Waals surface area contributed by atoms with E-state index in [4.69, 9.17) is 4.74 Å². The van der Waals surface area contributed by atoms with Gasteiger partial charge in [-0.2, -0.15) is 0 Å². The van der Waals surface area contributed by atoms with E-state index in [9.17, 15) is 4.79 Å². The van der Waals surface area contributed by atoms with Crippen molar-refractivity contribution in [3.05, 3.63) is 11.6 Å². The lowest BCUT2D eigenvalue weighted by atomic mass is 9.93. The Bertz CT molecular complexity index is 469. The molecule has 3 atom stereocenters. The third-order valence-electron chi connectivity index (χ3n) is 5.18. The third-order valence-corrected chi connectivity index (χ3v) is 5.18. The molecule has 5 heteroatoms. The quantitative estimate of drug-likeness (QED) is 0.810. The van der Waals surface area contributed by atoms with Crippen LogP contribution in [0.15, 0.2) is 11.6 Å². The number of nitrogens with one attached hydrogen (secondary N) is 1. The summed E-state index contributed by atoms with van der Waals surface area (Å²) in [6.07, 6.45) is 5.59. The largest absolute Gasteiger partial charge is 0.444 e. The number of nitrogens with zero attached hydrogens (tertiary/aromatic N) is 2. The Kier molecular flexibility index (Phi) is 4.97. The lowest BCUT2D eigenvalue weighted by Gasteiger charge is -2.33. The van der Waals surface area contributed by atoms with E-state index in [1.807, 2.05) is 20.8 Å². The first-order valence-corrected chi connectivity index (χ1v) is 9.02. The van der Waals surface area contributed by atoms with Crippen LogP contribution in [0.3, 0.4) is 0 Å². The van der Waals surface area contributed by atoms with Crippen LogP contribution >= 0.6 is 0 Å². The van der Waals surface area contributed by atoms with Crippen molar-refractivity contribution in [2.24, 2.45) is 5.92 Å². The van der Waals surface area contributed by atoms with Crippen molar-refractivity contribution >= 4 is 6.09 Å². The van der Waals surface area contributed by atoms with Crippen LogP contribution in [-0.2, 0) is 4.74 Å². The molecule has 2 fully saturated rings. The number of hydrogen-bond acceptors (Lipinski definition) is 4. The zero-order valence-electron chi connectivity index (χ0n) is 14.8. The first kappa shape index (κ1) is 16.8. The van der Waals surface area contributed by atoms with Crippen molar-refractivity contribution in [2.75, 3.05) is 39.3 Å². The zero-order chi connectivity index (χ0) is 16.4. The molecule has 3 aliphatic rings. The molecule has 1 N–H and O–H groups in total. The summed E-state index contributed by atoms with van der Waals surface area (Å²) in [5.41, 5.74) is 1.02. The Morgan fingerprint density at radius 2 is 2.09 bits per heavy atom. The Hall–Kier alpha value is -1.07. The van der Waals surface area contributed by atoms with Crippen LogP contribution in [0.2, 0.25) is 0 Å². The molecule has 0 spiro atoms. The summed E-state index contributed by atoms with van der Waals surface area (Å²) in [7, 11) is 0. The number of fused-ring (bicyclic) bond motifs is 2. The minimum absolute atomic E-state index is 0.195. The fraction of sp³-hybridized carbons (Fsp3) is 0.833. The molecule has 2 saturated heterocycles. The van der Waals surface area contributed by atoms with Crippen LogP contribution in [0.5, 0.6) is 0 Å². The van der Waals surface area contributed by atoms with Crippen LogP contribution in [0.25, 0.3) is 0 Å². The molecule has 0 radical (unpaired) electrons. The molecule has 2 bridgehead atoms. The van der Waals surface area contributed by atoms with Crippen molar-refractivity contribution < 1.29 is 9.53 Å². The van der Waals surface area contributed by atoms with Gasteiger partial charge in [-0.05, 0) is 59.0 Å². The average Bonchev–Trinajstić information content (AvgIpc) is 2.87. The van der Waals surface area contributed by atoms with E-state index < -0.39 is 5.60 Å². The fourth-order valence-electron chi connectivity index (χ4n) is 3.85. The van der Waals surface area contributed by atoms with E-state index in [-0.39, 0.29) is 6.09 Å². The van der Waals surface area contributed by atoms with Crippen LogP contribution in [0, 0.1) is 5.92 Å². The predicted octanol–water partition coefficient (Wildman–Crippen LogP) is 2.24. The van der Waals surface area contributed by atoms with Crippen molar-refractivity contribution in [1.82, 2.24) is 15.1 Å². The third kappa shape index (κ3) is 4.48. The molecule has 3 unspecified atom stereocenters. The van der Waals surface area contributed by atoms with E-state index in [1.165, 1.54) is 38.0 Å². The minimum atomic E-state index is -0.418. The molecule has 3 heterocycles. The van der Waals surface area contributed by atoms with Gasteiger partial charge in [-0.3, -0.25) is 0 Å². The lowest BCUT2D eigenvalue weighted by molar-refractivity contribution is 0.0265. The van der Waals surface area contributed by atoms with E-state index in [2.05, 4.69) is 16.3 Å². The van der Waals surface area contributed by atoms with Gasteiger partial charge in [0.25, 0.3) is 0 Å². The zero-order valence-corrected chi connectivity index (χ0v) is 14.8. The molecule has 23 heavy (non-hydrogen) atoms. The SMILES string of the molecule is CC(C)(C)OC(=O)N1CC=C(CNC2CCN3CCC2C3)CC1. The fourth-order valence-corrected chi connectivity index (χ4v) is 3.85. The summed E-state index contributed by atoms with van der Waals surface area (Å²) in [6, 6.07) is 0.679. The van der Waals surface area contributed by atoms with Gasteiger partial charge in [0, 0.05) is 32.2 Å². The summed E-state index contributed by atoms with van der Waals surface area (Å²) >= 11 is 0. The summed E-state index contributed by atoms with van der Waals surface area (Å²) < 4.78 is 5.44. The van der Waals surface area contributed by atoms with Gasteiger partial charge < -0.3 is 19.9 Å². The average molecular weight is 321 g/mol. The highest BCUT2D eigenvalue weighted by molar-refractivity contribution is 5.68. The number of rotatable bonds is 3. The van der Waals surface area contributed by atoms with Gasteiger partial charge in [0.1, 0.15) is 5.60 Å². The molecule has 1 amide bonds. The smallest absolute Gasteiger partial charge is 0.410 e. The van der Waals surface area contributed by atoms with Gasteiger partial charge in [-0.25, -0.2) is 4.79 Å². The van der Waals surface area contributed by atoms with Gasteiger partial charge in [-0.1, -0.05) is 11.6 Å². The van der Waals surface area contributed by atoms with Gasteiger partial charge in [-0.15, -0.1) is 0 Å². The van der Waals surface area contributed by atoms with Crippen molar-refractivity contribution in [2.45, 2.75) is 51.7 Å². The van der Waals surface area contributed by atoms with Gasteiger partial charge in [0.05, 0.1) is 0 Å². The Morgan fingerprint density at radius 3 is 2.78 bits per heavy atom. The minimum Gasteiger partial charge on any atom is -0.444 e. The normalized spacial score (nSPS) is 31.0. The highest BCUT2D eigenvalue weighted by Gasteiger charge is 2.34. The number of carbonyl (C=O) groups excluding carboxylic acids is 1. The summed E-state index contributed by atoms with van der Waals surface area (Å²) in [6.45, 7) is 12.0. The molecular weight excluding hydrogens is 290 g/mol. The van der Waals surface area contributed by atoms with E-state index in [0.717, 1.165) is 25.4 Å². The number of ether oxygens (including phenoxy) is 1. The number of hydrogen-bond donors (Lipinski definition) is 1. The van der Waals surface area contributed by atoms with Gasteiger partial charge in [0.2, 0.25) is 0 Å². The molecule has 0 aromatic carbocycles. The van der Waals surface area contributed by atoms with Crippen LogP contribution in [0.4, 0.5) is 4.79 Å². The molecule has 5 nitrogen and oxygen atoms in total. The molecule has 3 rings (SSSR count). The van der Waals surface area contributed by atoms with Gasteiger partial charge in [0.15, 0.2) is 0 Å². The second-order valence-corrected chi connectivity index (χ2v) is 8.16. The summed E-state index contributed by atoms with van der Waals surface area (Å²) in [5, 5.41) is 3.77. The second-order valence-electron chi connectivity index (χ2n) is 8.16. The van der Waals surface area contributed by atoms with Crippen LogP contribution in [0.1, 0.15) is 40.0 Å². The van der Waals surface area contributed by atoms with Gasteiger partial charge >= 0.3 is 6.09 Å². The number of amides is 1. The molecule has 130 valence electrons. The van der Waals surface area contributed by atoms with E-state index >= 15 is 0 Å². The second kappa shape index (κ2) is 6.81. The maximum absolute atomic E-state index is 12.1. The Labute approximate surface area is 140 Å². The van der Waals surface area contributed by atoms with Crippen molar-refractivity contribution in [3.63, 3.8) is 0 Å². The molecule has 0 aromatic heterocycles. The first-order valence-electron chi connectivity index (χ1n) is 9.02. The van der Waals surface area contributed by atoms with E-state index in [0.29, 0.717) is 12.6 Å². The van der Waals surface area contributed by atoms with E-state index in [1.54, 1.807) is 4.90 Å². The molecule has 0 aliphatic carbocycles. The first-order chi connectivity index (χ1) is 10.9. The Balaban J connectivity index is 1.43. The van der Waals surface area contributed by atoms with Crippen molar-refractivity contribution in [1.29, 1.82) is 0 Å². The predicted molar refractivity (Wildman–Crippen MR) is 91.5 cm³/mol. The lowest BCUT2D eigenvalue weighted by Crippen LogP contribution is -2.45. The monoisotopic (exact) mass is 321 g/mol. The topological polar surface area (TPSA) is 44.8 Å². The highest BCUT2D eigenvalue weighted by atomic mass is 16.6. The summed E-state index contributed by atoms with van der Waals surface area (Å²) in [5.74, 6) is 0.839. The maximum atomic E-state index is 12.1. The summed E-state index contributed by atoms with van der Waals surface area (Å²) in [4.78, 5) is 16.4. The van der Waals surface area contributed by atoms with Crippen LogP contribution in [-0.4, -0.2) is 66.8 Å². The maximum Gasteiger partial charge on any atom is 0.410 e. The van der Waals surface area contributed by atoms with Crippen molar-refractivity contribution in [3.8, 4) is 0 Å². The standard InChI is InChI=1S/C18H31N3O2/c1-18(2,3)23-17(22)21-10-4-14(5-11-21)12-19-16-7-9-20-8-6-15(16)13-20/h4,15-16,19H,5-13H2,1-3H3. The number of carbonyl (C=O) groups is 1. The number of piperidine rings is 1. The molecule has 0 saturated carbocycles. The van der Waals surface area contributed by atoms with Crippen LogP contribution < -0.4 is 5.32 Å². The molecule has 0 aromatic rings.